The number of carbonyl (C=O) groups excluding carboxylic acids is 1. The highest BCUT2D eigenvalue weighted by atomic mass is 35.5. The minimum atomic E-state index is -0.336. The van der Waals surface area contributed by atoms with Gasteiger partial charge in [-0.1, -0.05) is 48.0 Å². The van der Waals surface area contributed by atoms with Crippen molar-refractivity contribution >= 4 is 29.3 Å². The Morgan fingerprint density at radius 2 is 1.95 bits per heavy atom. The molecule has 2 nitrogen and oxygen atoms in total. The highest BCUT2D eigenvalue weighted by Crippen LogP contribution is 2.41. The normalized spacial score (nSPS) is 17.7. The van der Waals surface area contributed by atoms with Gasteiger partial charge in [0.2, 0.25) is 5.91 Å². The molecule has 0 aliphatic carbocycles. The Hall–Kier alpha value is -1.52. The highest BCUT2D eigenvalue weighted by molar-refractivity contribution is 7.99. The molecule has 1 amide bonds. The Kier molecular flexibility index (Phi) is 4.69. The number of benzene rings is 2. The molecule has 3 rings (SSSR count). The van der Waals surface area contributed by atoms with Crippen LogP contribution in [0.3, 0.4) is 0 Å². The largest absolute Gasteiger partial charge is 0.325 e. The van der Waals surface area contributed by atoms with Gasteiger partial charge < -0.3 is 4.90 Å². The molecule has 1 unspecified atom stereocenters. The van der Waals surface area contributed by atoms with Gasteiger partial charge in [-0.05, 0) is 17.7 Å². The van der Waals surface area contributed by atoms with Gasteiger partial charge >= 0.3 is 0 Å². The molecule has 2 aromatic rings. The lowest BCUT2D eigenvalue weighted by Crippen LogP contribution is -2.32. The zero-order valence-electron chi connectivity index (χ0n) is 11.8. The molecule has 1 heterocycles. The van der Waals surface area contributed by atoms with Crippen molar-refractivity contribution in [2.24, 2.45) is 0 Å². The van der Waals surface area contributed by atoms with Crippen LogP contribution in [0.15, 0.2) is 48.5 Å². The average molecular weight is 336 g/mol. The van der Waals surface area contributed by atoms with E-state index in [1.165, 1.54) is 6.07 Å². The van der Waals surface area contributed by atoms with Crippen molar-refractivity contribution in [3.05, 3.63) is 70.5 Å². The Morgan fingerprint density at radius 3 is 2.73 bits per heavy atom. The third-order valence-corrected chi connectivity index (χ3v) is 5.27. The van der Waals surface area contributed by atoms with Crippen molar-refractivity contribution in [1.29, 1.82) is 0 Å². The van der Waals surface area contributed by atoms with Gasteiger partial charge in [0.25, 0.3) is 0 Å². The fourth-order valence-electron chi connectivity index (χ4n) is 2.56. The van der Waals surface area contributed by atoms with Gasteiger partial charge in [-0.3, -0.25) is 4.79 Å². The Labute approximate surface area is 138 Å². The van der Waals surface area contributed by atoms with Crippen LogP contribution in [-0.4, -0.2) is 23.1 Å². The smallest absolute Gasteiger partial charge is 0.228 e. The Bertz CT molecular complexity index is 694. The maximum absolute atomic E-state index is 13.7. The third kappa shape index (κ3) is 3.13. The zero-order valence-corrected chi connectivity index (χ0v) is 13.4. The molecule has 0 N–H and O–H groups in total. The van der Waals surface area contributed by atoms with E-state index in [0.29, 0.717) is 17.1 Å². The fourth-order valence-corrected chi connectivity index (χ4v) is 4.18. The molecule has 1 aliphatic rings. The van der Waals surface area contributed by atoms with Crippen molar-refractivity contribution in [2.75, 3.05) is 12.3 Å². The van der Waals surface area contributed by atoms with E-state index in [4.69, 9.17) is 11.6 Å². The quantitative estimate of drug-likeness (QED) is 0.833. The van der Waals surface area contributed by atoms with Gasteiger partial charge in [0.15, 0.2) is 0 Å². The average Bonchev–Trinajstić information content (AvgIpc) is 2.99. The van der Waals surface area contributed by atoms with Crippen LogP contribution < -0.4 is 0 Å². The van der Waals surface area contributed by atoms with E-state index in [1.807, 2.05) is 24.3 Å². The van der Waals surface area contributed by atoms with Crippen LogP contribution in [0.4, 0.5) is 4.39 Å². The Balaban J connectivity index is 1.80. The molecule has 0 bridgehead atoms. The number of thioether (sulfide) groups is 1. The van der Waals surface area contributed by atoms with Crippen LogP contribution in [0.25, 0.3) is 0 Å². The summed E-state index contributed by atoms with van der Waals surface area (Å²) in [5.41, 5.74) is 1.37. The number of hydrogen-bond acceptors (Lipinski definition) is 2. The molecule has 114 valence electrons. The van der Waals surface area contributed by atoms with E-state index in [-0.39, 0.29) is 23.5 Å². The first-order chi connectivity index (χ1) is 10.7. The van der Waals surface area contributed by atoms with E-state index in [1.54, 1.807) is 34.9 Å². The lowest BCUT2D eigenvalue weighted by atomic mass is 10.1. The minimum Gasteiger partial charge on any atom is -0.325 e. The molecule has 1 atom stereocenters. The van der Waals surface area contributed by atoms with Gasteiger partial charge in [-0.2, -0.15) is 0 Å². The number of halogens is 2. The molecule has 0 aromatic heterocycles. The molecular formula is C17H15ClFNOS. The summed E-state index contributed by atoms with van der Waals surface area (Å²) >= 11 is 7.94. The van der Waals surface area contributed by atoms with E-state index in [2.05, 4.69) is 0 Å². The number of hydrogen-bond donors (Lipinski definition) is 0. The fraction of sp³-hybridized carbons (Fsp3) is 0.235. The highest BCUT2D eigenvalue weighted by Gasteiger charge is 2.31. The van der Waals surface area contributed by atoms with Crippen molar-refractivity contribution < 1.29 is 9.18 Å². The second-order valence-corrected chi connectivity index (χ2v) is 6.70. The first kappa shape index (κ1) is 15.4. The van der Waals surface area contributed by atoms with E-state index in [0.717, 1.165) is 11.3 Å². The minimum absolute atomic E-state index is 0.0694. The number of carbonyl (C=O) groups is 1. The van der Waals surface area contributed by atoms with Gasteiger partial charge in [-0.15, -0.1) is 11.8 Å². The number of rotatable bonds is 3. The second kappa shape index (κ2) is 6.71. The van der Waals surface area contributed by atoms with Gasteiger partial charge in [0.05, 0.1) is 6.42 Å². The number of amides is 1. The number of nitrogens with zero attached hydrogens (tertiary/aromatic N) is 1. The van der Waals surface area contributed by atoms with Crippen LogP contribution in [-0.2, 0) is 11.2 Å². The molecule has 0 saturated carbocycles. The van der Waals surface area contributed by atoms with Crippen molar-refractivity contribution in [2.45, 2.75) is 11.8 Å². The summed E-state index contributed by atoms with van der Waals surface area (Å²) in [4.78, 5) is 14.4. The van der Waals surface area contributed by atoms with Crippen LogP contribution in [0, 0.1) is 5.82 Å². The summed E-state index contributed by atoms with van der Waals surface area (Å²) in [6.45, 7) is 0.661. The molecule has 5 heteroatoms. The van der Waals surface area contributed by atoms with E-state index >= 15 is 0 Å². The maximum atomic E-state index is 13.7. The summed E-state index contributed by atoms with van der Waals surface area (Å²) in [6, 6.07) is 14.0. The van der Waals surface area contributed by atoms with Crippen molar-refractivity contribution in [3.63, 3.8) is 0 Å². The molecule has 1 saturated heterocycles. The monoisotopic (exact) mass is 335 g/mol. The predicted octanol–water partition coefficient (Wildman–Crippen LogP) is 4.30. The van der Waals surface area contributed by atoms with Gasteiger partial charge in [0, 0.05) is 22.9 Å². The summed E-state index contributed by atoms with van der Waals surface area (Å²) in [5, 5.41) is 0.568. The van der Waals surface area contributed by atoms with E-state index in [9.17, 15) is 9.18 Å². The zero-order chi connectivity index (χ0) is 15.5. The molecule has 1 aliphatic heterocycles. The molecule has 1 fully saturated rings. The Morgan fingerprint density at radius 1 is 1.23 bits per heavy atom. The first-order valence-corrected chi connectivity index (χ1v) is 8.48. The van der Waals surface area contributed by atoms with E-state index < -0.39 is 0 Å². The molecule has 0 radical (unpaired) electrons. The predicted molar refractivity (Wildman–Crippen MR) is 88.5 cm³/mol. The molecule has 2 aromatic carbocycles. The van der Waals surface area contributed by atoms with Crippen LogP contribution in [0.1, 0.15) is 16.5 Å². The maximum Gasteiger partial charge on any atom is 0.228 e. The molecular weight excluding hydrogens is 321 g/mol. The van der Waals surface area contributed by atoms with Crippen molar-refractivity contribution in [1.82, 2.24) is 4.90 Å². The summed E-state index contributed by atoms with van der Waals surface area (Å²) in [7, 11) is 0. The topological polar surface area (TPSA) is 20.3 Å². The molecule has 22 heavy (non-hydrogen) atoms. The standard InChI is InChI=1S/C17H15ClFNOS/c18-14-7-3-2-6-13(14)17-20(9-10-22-17)16(21)11-12-5-1-4-8-15(12)19/h1-8,17H,9-11H2. The van der Waals surface area contributed by atoms with Crippen LogP contribution in [0.5, 0.6) is 0 Å². The summed E-state index contributed by atoms with van der Waals surface area (Å²) < 4.78 is 13.7. The molecule has 0 spiro atoms. The lowest BCUT2D eigenvalue weighted by Gasteiger charge is -2.25. The second-order valence-electron chi connectivity index (χ2n) is 5.10. The van der Waals surface area contributed by atoms with Gasteiger partial charge in [0.1, 0.15) is 11.2 Å². The van der Waals surface area contributed by atoms with Gasteiger partial charge in [-0.25, -0.2) is 4.39 Å². The van der Waals surface area contributed by atoms with Crippen molar-refractivity contribution in [3.8, 4) is 0 Å². The summed E-state index contributed by atoms with van der Waals surface area (Å²) in [6.07, 6.45) is 0.0776. The van der Waals surface area contributed by atoms with Crippen LogP contribution >= 0.6 is 23.4 Å². The third-order valence-electron chi connectivity index (χ3n) is 3.68. The first-order valence-electron chi connectivity index (χ1n) is 7.05. The lowest BCUT2D eigenvalue weighted by molar-refractivity contribution is -0.130. The SMILES string of the molecule is O=C(Cc1ccccc1F)N1CCSC1c1ccccc1Cl. The summed E-state index contributed by atoms with van der Waals surface area (Å²) in [5.74, 6) is 0.454. The van der Waals surface area contributed by atoms with Crippen LogP contribution in [0.2, 0.25) is 5.02 Å².